The van der Waals surface area contributed by atoms with E-state index in [2.05, 4.69) is 8.75 Å². The molecule has 0 unspecified atom stereocenters. The lowest BCUT2D eigenvalue weighted by Gasteiger charge is -1.96. The van der Waals surface area contributed by atoms with Gasteiger partial charge in [-0.2, -0.15) is 8.75 Å². The second-order valence-corrected chi connectivity index (χ2v) is 3.47. The smallest absolute Gasteiger partial charge is 0.165 e. The van der Waals surface area contributed by atoms with Crippen LogP contribution in [0.15, 0.2) is 24.3 Å². The Morgan fingerprint density at radius 2 is 2.15 bits per heavy atom. The van der Waals surface area contributed by atoms with Crippen molar-refractivity contribution in [3.05, 3.63) is 29.3 Å². The van der Waals surface area contributed by atoms with Gasteiger partial charge in [0.25, 0.3) is 0 Å². The van der Waals surface area contributed by atoms with Crippen LogP contribution in [0.5, 0.6) is 0 Å². The summed E-state index contributed by atoms with van der Waals surface area (Å²) < 4.78 is 7.96. The van der Waals surface area contributed by atoms with Crippen molar-refractivity contribution in [1.82, 2.24) is 8.75 Å². The molecule has 0 aliphatic rings. The summed E-state index contributed by atoms with van der Waals surface area (Å²) in [6.07, 6.45) is 0. The lowest BCUT2D eigenvalue weighted by Crippen LogP contribution is -1.87. The van der Waals surface area contributed by atoms with Gasteiger partial charge in [-0.05, 0) is 12.1 Å². The number of benzene rings is 1. The third-order valence-electron chi connectivity index (χ3n) is 1.61. The molecule has 0 bridgehead atoms. The molecule has 0 radical (unpaired) electrons. The van der Waals surface area contributed by atoms with Crippen molar-refractivity contribution >= 4 is 29.1 Å². The average molecular weight is 212 g/mol. The van der Waals surface area contributed by atoms with Crippen molar-refractivity contribution in [1.29, 1.82) is 0 Å². The van der Waals surface area contributed by atoms with Crippen molar-refractivity contribution in [2.75, 3.05) is 5.73 Å². The third kappa shape index (κ3) is 1.64. The number of nitrogen functional groups attached to an aromatic ring is 1. The van der Waals surface area contributed by atoms with E-state index in [1.807, 2.05) is 18.2 Å². The third-order valence-corrected chi connectivity index (χ3v) is 2.39. The molecule has 0 saturated carbocycles. The Labute approximate surface area is 84.5 Å². The summed E-state index contributed by atoms with van der Waals surface area (Å²) in [5, 5.41) is 0.671. The van der Waals surface area contributed by atoms with Gasteiger partial charge in [-0.1, -0.05) is 23.7 Å². The summed E-state index contributed by atoms with van der Waals surface area (Å²) in [6.45, 7) is 0. The number of nitrogens with zero attached hydrogens (tertiary/aromatic N) is 2. The highest BCUT2D eigenvalue weighted by atomic mass is 35.5. The Morgan fingerprint density at radius 3 is 2.77 bits per heavy atom. The van der Waals surface area contributed by atoms with E-state index < -0.39 is 0 Å². The van der Waals surface area contributed by atoms with Crippen molar-refractivity contribution in [2.45, 2.75) is 0 Å². The molecular formula is C8H6ClN3S. The van der Waals surface area contributed by atoms with Crippen LogP contribution in [0.25, 0.3) is 11.3 Å². The van der Waals surface area contributed by atoms with Gasteiger partial charge >= 0.3 is 0 Å². The SMILES string of the molecule is Nc1nsnc1-c1cccc(Cl)c1. The second kappa shape index (κ2) is 3.32. The lowest BCUT2D eigenvalue weighted by molar-refractivity contribution is 1.49. The van der Waals surface area contributed by atoms with Gasteiger partial charge in [0.15, 0.2) is 5.82 Å². The number of nitrogens with two attached hydrogens (primary N) is 1. The topological polar surface area (TPSA) is 51.8 Å². The molecule has 1 aromatic heterocycles. The summed E-state index contributed by atoms with van der Waals surface area (Å²) in [5.74, 6) is 0.451. The largest absolute Gasteiger partial charge is 0.381 e. The van der Waals surface area contributed by atoms with Gasteiger partial charge < -0.3 is 5.73 Å². The van der Waals surface area contributed by atoms with E-state index in [0.29, 0.717) is 16.5 Å². The Morgan fingerprint density at radius 1 is 1.31 bits per heavy atom. The normalized spacial score (nSPS) is 10.2. The molecule has 2 N–H and O–H groups in total. The van der Waals surface area contributed by atoms with Crippen molar-refractivity contribution < 1.29 is 0 Å². The zero-order valence-electron chi connectivity index (χ0n) is 6.57. The zero-order chi connectivity index (χ0) is 9.26. The summed E-state index contributed by atoms with van der Waals surface area (Å²) >= 11 is 6.93. The molecule has 0 amide bonds. The van der Waals surface area contributed by atoms with Gasteiger partial charge in [0.1, 0.15) is 5.69 Å². The molecule has 2 rings (SSSR count). The van der Waals surface area contributed by atoms with E-state index in [1.54, 1.807) is 6.07 Å². The van der Waals surface area contributed by atoms with Crippen LogP contribution < -0.4 is 5.73 Å². The maximum atomic E-state index is 5.83. The van der Waals surface area contributed by atoms with Crippen LogP contribution in [0, 0.1) is 0 Å². The highest BCUT2D eigenvalue weighted by Crippen LogP contribution is 2.25. The van der Waals surface area contributed by atoms with Gasteiger partial charge in [0, 0.05) is 10.6 Å². The fraction of sp³-hybridized carbons (Fsp3) is 0. The minimum atomic E-state index is 0.451. The van der Waals surface area contributed by atoms with Crippen LogP contribution in [-0.2, 0) is 0 Å². The molecule has 5 heteroatoms. The monoisotopic (exact) mass is 211 g/mol. The molecule has 1 aromatic carbocycles. The van der Waals surface area contributed by atoms with Crippen LogP contribution in [0.2, 0.25) is 5.02 Å². The van der Waals surface area contributed by atoms with Gasteiger partial charge in [0.2, 0.25) is 0 Å². The molecule has 0 spiro atoms. The van der Waals surface area contributed by atoms with Crippen LogP contribution >= 0.6 is 23.3 Å². The van der Waals surface area contributed by atoms with E-state index in [1.165, 1.54) is 0 Å². The van der Waals surface area contributed by atoms with Crippen molar-refractivity contribution in [3.8, 4) is 11.3 Å². The maximum Gasteiger partial charge on any atom is 0.165 e. The summed E-state index contributed by atoms with van der Waals surface area (Å²) in [4.78, 5) is 0. The number of hydrogen-bond acceptors (Lipinski definition) is 4. The molecule has 0 aliphatic heterocycles. The lowest BCUT2D eigenvalue weighted by atomic mass is 10.1. The number of halogens is 1. The van der Waals surface area contributed by atoms with Crippen LogP contribution in [0.1, 0.15) is 0 Å². The minimum Gasteiger partial charge on any atom is -0.381 e. The first-order valence-corrected chi connectivity index (χ1v) is 4.72. The van der Waals surface area contributed by atoms with Crippen molar-refractivity contribution in [3.63, 3.8) is 0 Å². The zero-order valence-corrected chi connectivity index (χ0v) is 8.14. The van der Waals surface area contributed by atoms with Gasteiger partial charge in [0.05, 0.1) is 11.7 Å². The molecule has 1 heterocycles. The number of aromatic nitrogens is 2. The van der Waals surface area contributed by atoms with E-state index in [9.17, 15) is 0 Å². The molecule has 3 nitrogen and oxygen atoms in total. The van der Waals surface area contributed by atoms with Gasteiger partial charge in [-0.15, -0.1) is 0 Å². The first kappa shape index (κ1) is 8.47. The summed E-state index contributed by atoms with van der Waals surface area (Å²) in [6, 6.07) is 7.38. The molecule has 66 valence electrons. The number of hydrogen-bond donors (Lipinski definition) is 1. The van der Waals surface area contributed by atoms with Crippen LogP contribution in [0.3, 0.4) is 0 Å². The predicted molar refractivity (Wildman–Crippen MR) is 54.8 cm³/mol. The Balaban J connectivity index is 2.53. The predicted octanol–water partition coefficient (Wildman–Crippen LogP) is 2.44. The first-order chi connectivity index (χ1) is 6.27. The van der Waals surface area contributed by atoms with Crippen LogP contribution in [-0.4, -0.2) is 8.75 Å². The summed E-state index contributed by atoms with van der Waals surface area (Å²) in [7, 11) is 0. The van der Waals surface area contributed by atoms with E-state index in [0.717, 1.165) is 17.3 Å². The van der Waals surface area contributed by atoms with Crippen molar-refractivity contribution in [2.24, 2.45) is 0 Å². The molecule has 2 aromatic rings. The fourth-order valence-corrected chi connectivity index (χ4v) is 1.72. The Hall–Kier alpha value is -1.13. The molecule has 0 aliphatic carbocycles. The first-order valence-electron chi connectivity index (χ1n) is 3.61. The Kier molecular flexibility index (Phi) is 2.16. The Bertz CT molecular complexity index is 427. The maximum absolute atomic E-state index is 5.83. The molecule has 0 atom stereocenters. The van der Waals surface area contributed by atoms with E-state index >= 15 is 0 Å². The van der Waals surface area contributed by atoms with Gasteiger partial charge in [-0.3, -0.25) is 0 Å². The van der Waals surface area contributed by atoms with Gasteiger partial charge in [-0.25, -0.2) is 0 Å². The number of anilines is 1. The van der Waals surface area contributed by atoms with E-state index in [4.69, 9.17) is 17.3 Å². The molecule has 13 heavy (non-hydrogen) atoms. The second-order valence-electron chi connectivity index (χ2n) is 2.51. The molecule has 0 saturated heterocycles. The standard InChI is InChI=1S/C8H6ClN3S/c9-6-3-1-2-5(4-6)7-8(10)12-13-11-7/h1-4H,(H2,10,12). The molecule has 0 fully saturated rings. The minimum absolute atomic E-state index is 0.451. The number of rotatable bonds is 1. The molecular weight excluding hydrogens is 206 g/mol. The highest BCUT2D eigenvalue weighted by molar-refractivity contribution is 6.99. The fourth-order valence-electron chi connectivity index (χ4n) is 1.03. The summed E-state index contributed by atoms with van der Waals surface area (Å²) in [5.41, 5.74) is 7.22. The quantitative estimate of drug-likeness (QED) is 0.788. The average Bonchev–Trinajstić information content (AvgIpc) is 2.51. The van der Waals surface area contributed by atoms with Crippen LogP contribution in [0.4, 0.5) is 5.82 Å². The van der Waals surface area contributed by atoms with E-state index in [-0.39, 0.29) is 0 Å². The highest BCUT2D eigenvalue weighted by Gasteiger charge is 2.06.